The quantitative estimate of drug-likeness (QED) is 0.653. The molecule has 3 saturated heterocycles. The van der Waals surface area contributed by atoms with Crippen LogP contribution in [0.4, 0.5) is 0 Å². The summed E-state index contributed by atoms with van der Waals surface area (Å²) in [5.74, 6) is -0.202. The van der Waals surface area contributed by atoms with Gasteiger partial charge in [-0.1, -0.05) is 12.8 Å². The third-order valence-electron chi connectivity index (χ3n) is 6.77. The summed E-state index contributed by atoms with van der Waals surface area (Å²) in [4.78, 5) is 44.4. The highest BCUT2D eigenvalue weighted by Crippen LogP contribution is 2.34. The molecule has 8 nitrogen and oxygen atoms in total. The van der Waals surface area contributed by atoms with Crippen LogP contribution in [0.25, 0.3) is 0 Å². The van der Waals surface area contributed by atoms with Crippen LogP contribution in [0.3, 0.4) is 0 Å². The monoisotopic (exact) mass is 401 g/mol. The number of nitrogens with two attached hydrogens (primary N) is 2. The van der Waals surface area contributed by atoms with E-state index in [2.05, 4.69) is 4.98 Å². The number of aromatic amines is 1. The molecule has 0 spiro atoms. The van der Waals surface area contributed by atoms with Gasteiger partial charge in [-0.25, -0.2) is 0 Å². The number of hydrogen-bond donors (Lipinski definition) is 3. The Bertz CT molecular complexity index is 853. The number of aromatic nitrogens is 1. The number of fused-ring (bicyclic) bond motifs is 1. The summed E-state index contributed by atoms with van der Waals surface area (Å²) in [6.45, 7) is 2.74. The summed E-state index contributed by atoms with van der Waals surface area (Å²) in [5, 5.41) is 0. The van der Waals surface area contributed by atoms with Crippen LogP contribution in [0.15, 0.2) is 16.9 Å². The Morgan fingerprint density at radius 1 is 1.07 bits per heavy atom. The minimum atomic E-state index is -0.515. The van der Waals surface area contributed by atoms with E-state index in [9.17, 15) is 14.4 Å². The smallest absolute Gasteiger partial charge is 0.248 e. The van der Waals surface area contributed by atoms with E-state index in [1.807, 2.05) is 13.0 Å². The highest BCUT2D eigenvalue weighted by molar-refractivity contribution is 5.91. The molecule has 158 valence electrons. The number of aryl methyl sites for hydroxylation is 1. The first-order valence-corrected chi connectivity index (χ1v) is 10.7. The highest BCUT2D eigenvalue weighted by atomic mass is 16.2. The molecule has 4 rings (SSSR count). The lowest BCUT2D eigenvalue weighted by atomic mass is 9.95. The largest absolute Gasteiger partial charge is 0.339 e. The summed E-state index contributed by atoms with van der Waals surface area (Å²) in [7, 11) is 0. The molecule has 3 aliphatic rings. The fourth-order valence-electron chi connectivity index (χ4n) is 5.30. The Labute approximate surface area is 170 Å². The Hall–Kier alpha value is -2.19. The second-order valence-electron chi connectivity index (χ2n) is 8.86. The minimum absolute atomic E-state index is 0.0341. The van der Waals surface area contributed by atoms with Crippen molar-refractivity contribution in [1.29, 1.82) is 0 Å². The number of carbonyl (C=O) groups excluding carboxylic acids is 2. The first-order chi connectivity index (χ1) is 13.8. The molecule has 0 radical (unpaired) electrons. The minimum Gasteiger partial charge on any atom is -0.339 e. The molecule has 3 aliphatic heterocycles. The Kier molecular flexibility index (Phi) is 5.48. The van der Waals surface area contributed by atoms with Gasteiger partial charge < -0.3 is 26.3 Å². The predicted molar refractivity (Wildman–Crippen MR) is 109 cm³/mol. The molecular weight excluding hydrogens is 370 g/mol. The molecule has 3 fully saturated rings. The molecule has 0 aromatic carbocycles. The van der Waals surface area contributed by atoms with Gasteiger partial charge in [0.25, 0.3) is 0 Å². The zero-order valence-electron chi connectivity index (χ0n) is 17.0. The third-order valence-corrected chi connectivity index (χ3v) is 6.77. The number of amides is 2. The second kappa shape index (κ2) is 7.91. The van der Waals surface area contributed by atoms with Gasteiger partial charge in [-0.2, -0.15) is 0 Å². The van der Waals surface area contributed by atoms with Crippen molar-refractivity contribution >= 4 is 11.8 Å². The normalized spacial score (nSPS) is 32.8. The number of pyridine rings is 1. The molecule has 8 heteroatoms. The van der Waals surface area contributed by atoms with E-state index in [-0.39, 0.29) is 35.4 Å². The van der Waals surface area contributed by atoms with Gasteiger partial charge in [0.15, 0.2) is 0 Å². The lowest BCUT2D eigenvalue weighted by Gasteiger charge is -2.35. The van der Waals surface area contributed by atoms with Crippen LogP contribution in [0.2, 0.25) is 0 Å². The van der Waals surface area contributed by atoms with E-state index in [0.29, 0.717) is 25.9 Å². The number of carbonyl (C=O) groups is 2. The number of nitrogens with one attached hydrogen (secondary N) is 1. The molecule has 5 atom stereocenters. The molecule has 0 bridgehead atoms. The number of H-pyrrole nitrogens is 1. The molecule has 29 heavy (non-hydrogen) atoms. The first kappa shape index (κ1) is 20.1. The van der Waals surface area contributed by atoms with Crippen molar-refractivity contribution in [2.45, 2.75) is 75.5 Å². The summed E-state index contributed by atoms with van der Waals surface area (Å²) in [6, 6.07) is 2.42. The summed E-state index contributed by atoms with van der Waals surface area (Å²) < 4.78 is 0. The number of hydrogen-bond acceptors (Lipinski definition) is 5. The van der Waals surface area contributed by atoms with Gasteiger partial charge in [0.1, 0.15) is 6.04 Å². The first-order valence-electron chi connectivity index (χ1n) is 10.7. The standard InChI is InChI=1S/C21H31N5O3/c1-12-8-13(9-19(27)24-12)15-10-25(11-17(15)23)21(29)18-7-6-14-4-2-3-5-16(22)20(28)26(14)18/h8-9,14-18H,2-7,10-11,22-23H2,1H3,(H,24,27)/t14-,15-,16-,17+,18-/m0/s1. The van der Waals surface area contributed by atoms with Gasteiger partial charge in [0, 0.05) is 42.9 Å². The third kappa shape index (κ3) is 3.83. The van der Waals surface area contributed by atoms with Crippen LogP contribution in [0.1, 0.15) is 55.7 Å². The molecular formula is C21H31N5O3. The lowest BCUT2D eigenvalue weighted by Crippen LogP contribution is -2.55. The maximum Gasteiger partial charge on any atom is 0.248 e. The van der Waals surface area contributed by atoms with Crippen molar-refractivity contribution in [2.75, 3.05) is 13.1 Å². The van der Waals surface area contributed by atoms with Crippen LogP contribution in [-0.4, -0.2) is 63.9 Å². The van der Waals surface area contributed by atoms with Gasteiger partial charge in [0.2, 0.25) is 17.4 Å². The average molecular weight is 402 g/mol. The van der Waals surface area contributed by atoms with Crippen molar-refractivity contribution < 1.29 is 9.59 Å². The SMILES string of the molecule is Cc1cc([C@@H]2CN(C(=O)[C@@H]3CC[C@@H]4CCCC[C@H](N)C(=O)N43)C[C@H]2N)cc(=O)[nH]1. The van der Waals surface area contributed by atoms with Gasteiger partial charge in [-0.05, 0) is 44.2 Å². The van der Waals surface area contributed by atoms with E-state index in [1.165, 1.54) is 0 Å². The van der Waals surface area contributed by atoms with Gasteiger partial charge >= 0.3 is 0 Å². The van der Waals surface area contributed by atoms with E-state index < -0.39 is 12.1 Å². The topological polar surface area (TPSA) is 126 Å². The highest BCUT2D eigenvalue weighted by Gasteiger charge is 2.46. The van der Waals surface area contributed by atoms with Crippen LogP contribution in [0, 0.1) is 6.92 Å². The van der Waals surface area contributed by atoms with Crippen LogP contribution >= 0.6 is 0 Å². The predicted octanol–water partition coefficient (Wildman–Crippen LogP) is 0.197. The zero-order valence-corrected chi connectivity index (χ0v) is 17.0. The van der Waals surface area contributed by atoms with Crippen molar-refractivity contribution in [1.82, 2.24) is 14.8 Å². The summed E-state index contributed by atoms with van der Waals surface area (Å²) in [6.07, 6.45) is 5.17. The fraction of sp³-hybridized carbons (Fsp3) is 0.667. The average Bonchev–Trinajstić information content (AvgIpc) is 3.25. The molecule has 2 amide bonds. The van der Waals surface area contributed by atoms with Crippen molar-refractivity contribution in [3.63, 3.8) is 0 Å². The molecule has 4 heterocycles. The van der Waals surface area contributed by atoms with E-state index >= 15 is 0 Å². The summed E-state index contributed by atoms with van der Waals surface area (Å²) >= 11 is 0. The van der Waals surface area contributed by atoms with Gasteiger partial charge in [0.05, 0.1) is 6.04 Å². The molecule has 1 aromatic rings. The molecule has 0 unspecified atom stereocenters. The van der Waals surface area contributed by atoms with E-state index in [1.54, 1.807) is 15.9 Å². The van der Waals surface area contributed by atoms with Crippen molar-refractivity contribution in [3.8, 4) is 0 Å². The maximum atomic E-state index is 13.4. The maximum absolute atomic E-state index is 13.4. The molecule has 1 aromatic heterocycles. The van der Waals surface area contributed by atoms with E-state index in [4.69, 9.17) is 11.5 Å². The van der Waals surface area contributed by atoms with Gasteiger partial charge in [-0.3, -0.25) is 14.4 Å². The van der Waals surface area contributed by atoms with E-state index in [0.717, 1.165) is 36.9 Å². The second-order valence-corrected chi connectivity index (χ2v) is 8.86. The molecule has 0 aliphatic carbocycles. The molecule has 0 saturated carbocycles. The Morgan fingerprint density at radius 2 is 1.83 bits per heavy atom. The number of likely N-dealkylation sites (tertiary alicyclic amines) is 1. The van der Waals surface area contributed by atoms with Crippen LogP contribution < -0.4 is 17.0 Å². The van der Waals surface area contributed by atoms with Crippen LogP contribution in [-0.2, 0) is 9.59 Å². The Morgan fingerprint density at radius 3 is 2.59 bits per heavy atom. The zero-order chi connectivity index (χ0) is 20.7. The fourth-order valence-corrected chi connectivity index (χ4v) is 5.30. The van der Waals surface area contributed by atoms with Crippen molar-refractivity contribution in [3.05, 3.63) is 33.7 Å². The van der Waals surface area contributed by atoms with Crippen LogP contribution in [0.5, 0.6) is 0 Å². The number of rotatable bonds is 2. The Balaban J connectivity index is 1.52. The lowest BCUT2D eigenvalue weighted by molar-refractivity contribution is -0.146. The van der Waals surface area contributed by atoms with Crippen molar-refractivity contribution in [2.24, 2.45) is 11.5 Å². The van der Waals surface area contributed by atoms with Gasteiger partial charge in [-0.15, -0.1) is 0 Å². The molecule has 5 N–H and O–H groups in total. The summed E-state index contributed by atoms with van der Waals surface area (Å²) in [5.41, 5.74) is 13.9. The number of nitrogens with zero attached hydrogens (tertiary/aromatic N) is 2.